The summed E-state index contributed by atoms with van der Waals surface area (Å²) in [6.07, 6.45) is 1.44. The maximum atomic E-state index is 11.0. The second kappa shape index (κ2) is 5.88. The van der Waals surface area contributed by atoms with Gasteiger partial charge in [0.2, 0.25) is 0 Å². The number of hydrogen-bond acceptors (Lipinski definition) is 3. The second-order valence-electron chi connectivity index (χ2n) is 3.55. The molecule has 2 unspecified atom stereocenters. The lowest BCUT2D eigenvalue weighted by molar-refractivity contribution is -0.146. The van der Waals surface area contributed by atoms with Crippen LogP contribution in [0, 0.1) is 5.92 Å². The quantitative estimate of drug-likeness (QED) is 0.787. The van der Waals surface area contributed by atoms with E-state index in [1.807, 2.05) is 18.4 Å². The summed E-state index contributed by atoms with van der Waals surface area (Å²) in [5, 5.41) is 20.8. The maximum absolute atomic E-state index is 11.0. The molecule has 0 spiro atoms. The fraction of sp³-hybridized carbons (Fsp3) is 0.545. The molecule has 1 aromatic heterocycles. The van der Waals surface area contributed by atoms with E-state index < -0.39 is 18.0 Å². The third-order valence-corrected chi connectivity index (χ3v) is 3.34. The standard InChI is InChI=1S/C11H16O3S/c1-2-3-5-8(11(13)14)10(12)9-6-4-7-15-9/h4,6-8,10,12H,2-3,5H2,1H3,(H,13,14). The predicted molar refractivity (Wildman–Crippen MR) is 59.9 cm³/mol. The van der Waals surface area contributed by atoms with E-state index in [0.29, 0.717) is 6.42 Å². The summed E-state index contributed by atoms with van der Waals surface area (Å²) in [6, 6.07) is 3.60. The molecule has 4 heteroatoms. The van der Waals surface area contributed by atoms with Crippen molar-refractivity contribution in [2.75, 3.05) is 0 Å². The molecule has 3 nitrogen and oxygen atoms in total. The zero-order chi connectivity index (χ0) is 11.3. The van der Waals surface area contributed by atoms with Crippen LogP contribution in [0.25, 0.3) is 0 Å². The second-order valence-corrected chi connectivity index (χ2v) is 4.53. The molecule has 1 heterocycles. The van der Waals surface area contributed by atoms with Gasteiger partial charge in [-0.3, -0.25) is 4.79 Å². The summed E-state index contributed by atoms with van der Waals surface area (Å²) in [5.41, 5.74) is 0. The Labute approximate surface area is 93.4 Å². The Bertz CT molecular complexity index is 295. The minimum Gasteiger partial charge on any atom is -0.481 e. The van der Waals surface area contributed by atoms with Crippen LogP contribution in [0.3, 0.4) is 0 Å². The molecule has 1 rings (SSSR count). The van der Waals surface area contributed by atoms with E-state index in [1.165, 1.54) is 11.3 Å². The van der Waals surface area contributed by atoms with Crippen molar-refractivity contribution < 1.29 is 15.0 Å². The smallest absolute Gasteiger partial charge is 0.309 e. The van der Waals surface area contributed by atoms with Crippen molar-refractivity contribution in [3.05, 3.63) is 22.4 Å². The van der Waals surface area contributed by atoms with Crippen LogP contribution in [0.4, 0.5) is 0 Å². The molecular weight excluding hydrogens is 212 g/mol. The van der Waals surface area contributed by atoms with Gasteiger partial charge in [-0.2, -0.15) is 0 Å². The summed E-state index contributed by atoms with van der Waals surface area (Å²) < 4.78 is 0. The van der Waals surface area contributed by atoms with Gasteiger partial charge in [-0.05, 0) is 17.9 Å². The Morgan fingerprint density at radius 3 is 2.80 bits per heavy atom. The van der Waals surface area contributed by atoms with Crippen molar-refractivity contribution in [2.24, 2.45) is 5.92 Å². The summed E-state index contributed by atoms with van der Waals surface area (Å²) in [4.78, 5) is 11.7. The van der Waals surface area contributed by atoms with E-state index >= 15 is 0 Å². The van der Waals surface area contributed by atoms with Crippen LogP contribution < -0.4 is 0 Å². The Balaban J connectivity index is 2.67. The number of thiophene rings is 1. The molecule has 0 bridgehead atoms. The van der Waals surface area contributed by atoms with Crippen molar-refractivity contribution in [1.29, 1.82) is 0 Å². The number of carboxylic acid groups (broad SMARTS) is 1. The molecule has 0 amide bonds. The van der Waals surface area contributed by atoms with Crippen LogP contribution in [-0.2, 0) is 4.79 Å². The van der Waals surface area contributed by atoms with Gasteiger partial charge < -0.3 is 10.2 Å². The summed E-state index contributed by atoms with van der Waals surface area (Å²) in [6.45, 7) is 2.01. The topological polar surface area (TPSA) is 57.5 Å². The Morgan fingerprint density at radius 1 is 1.60 bits per heavy atom. The Morgan fingerprint density at radius 2 is 2.33 bits per heavy atom. The number of hydrogen-bond donors (Lipinski definition) is 2. The van der Waals surface area contributed by atoms with E-state index in [1.54, 1.807) is 6.07 Å². The van der Waals surface area contributed by atoms with Crippen molar-refractivity contribution in [3.63, 3.8) is 0 Å². The summed E-state index contributed by atoms with van der Waals surface area (Å²) in [5.74, 6) is -1.59. The van der Waals surface area contributed by atoms with Crippen LogP contribution >= 0.6 is 11.3 Å². The van der Waals surface area contributed by atoms with E-state index in [2.05, 4.69) is 0 Å². The number of aliphatic hydroxyl groups is 1. The first kappa shape index (κ1) is 12.2. The molecule has 0 saturated carbocycles. The monoisotopic (exact) mass is 228 g/mol. The van der Waals surface area contributed by atoms with E-state index in [0.717, 1.165) is 17.7 Å². The molecule has 2 atom stereocenters. The summed E-state index contributed by atoms with van der Waals surface area (Å²) >= 11 is 1.40. The Kier molecular flexibility index (Phi) is 4.78. The van der Waals surface area contributed by atoms with Gasteiger partial charge in [0.25, 0.3) is 0 Å². The molecule has 0 radical (unpaired) electrons. The molecule has 0 aliphatic rings. The van der Waals surface area contributed by atoms with E-state index in [9.17, 15) is 9.90 Å². The van der Waals surface area contributed by atoms with Gasteiger partial charge in [0.05, 0.1) is 5.92 Å². The molecule has 15 heavy (non-hydrogen) atoms. The predicted octanol–water partition coefficient (Wildman–Crippen LogP) is 2.67. The molecule has 1 aromatic rings. The number of unbranched alkanes of at least 4 members (excludes halogenated alkanes) is 1. The van der Waals surface area contributed by atoms with Crippen LogP contribution in [0.2, 0.25) is 0 Å². The number of carbonyl (C=O) groups is 1. The molecule has 0 fully saturated rings. The van der Waals surface area contributed by atoms with Crippen LogP contribution in [0.15, 0.2) is 17.5 Å². The molecule has 0 saturated heterocycles. The third kappa shape index (κ3) is 3.32. The normalized spacial score (nSPS) is 14.8. The van der Waals surface area contributed by atoms with Gasteiger partial charge in [-0.15, -0.1) is 11.3 Å². The van der Waals surface area contributed by atoms with Crippen molar-refractivity contribution in [3.8, 4) is 0 Å². The van der Waals surface area contributed by atoms with Gasteiger partial charge >= 0.3 is 5.97 Å². The highest BCUT2D eigenvalue weighted by atomic mass is 32.1. The fourth-order valence-corrected chi connectivity index (χ4v) is 2.27. The first-order chi connectivity index (χ1) is 7.16. The van der Waals surface area contributed by atoms with Gasteiger partial charge in [0.15, 0.2) is 0 Å². The van der Waals surface area contributed by atoms with Crippen molar-refractivity contribution in [2.45, 2.75) is 32.3 Å². The Hall–Kier alpha value is -0.870. The van der Waals surface area contributed by atoms with Crippen LogP contribution in [0.1, 0.15) is 37.2 Å². The molecule has 0 aliphatic heterocycles. The average Bonchev–Trinajstić information content (AvgIpc) is 2.70. The van der Waals surface area contributed by atoms with Gasteiger partial charge in [0, 0.05) is 4.88 Å². The lowest BCUT2D eigenvalue weighted by Gasteiger charge is -2.17. The molecule has 0 aliphatic carbocycles. The highest BCUT2D eigenvalue weighted by Gasteiger charge is 2.27. The van der Waals surface area contributed by atoms with Crippen molar-refractivity contribution in [1.82, 2.24) is 0 Å². The highest BCUT2D eigenvalue weighted by Crippen LogP contribution is 2.29. The number of rotatable bonds is 6. The zero-order valence-corrected chi connectivity index (χ0v) is 9.54. The lowest BCUT2D eigenvalue weighted by atomic mass is 9.95. The minimum absolute atomic E-state index is 0.533. The van der Waals surface area contributed by atoms with E-state index in [4.69, 9.17) is 5.11 Å². The fourth-order valence-electron chi connectivity index (χ4n) is 1.50. The van der Waals surface area contributed by atoms with Crippen molar-refractivity contribution >= 4 is 17.3 Å². The zero-order valence-electron chi connectivity index (χ0n) is 8.72. The first-order valence-electron chi connectivity index (χ1n) is 5.11. The SMILES string of the molecule is CCCCC(C(=O)O)C(O)c1cccs1. The third-order valence-electron chi connectivity index (χ3n) is 2.40. The average molecular weight is 228 g/mol. The molecule has 84 valence electrons. The maximum Gasteiger partial charge on any atom is 0.309 e. The van der Waals surface area contributed by atoms with Crippen LogP contribution in [-0.4, -0.2) is 16.2 Å². The number of carboxylic acids is 1. The van der Waals surface area contributed by atoms with Gasteiger partial charge in [-0.1, -0.05) is 25.8 Å². The molecule has 2 N–H and O–H groups in total. The largest absolute Gasteiger partial charge is 0.481 e. The number of aliphatic hydroxyl groups excluding tert-OH is 1. The minimum atomic E-state index is -0.913. The summed E-state index contributed by atoms with van der Waals surface area (Å²) in [7, 11) is 0. The number of aliphatic carboxylic acids is 1. The van der Waals surface area contributed by atoms with Crippen LogP contribution in [0.5, 0.6) is 0 Å². The molecular formula is C11H16O3S. The van der Waals surface area contributed by atoms with Gasteiger partial charge in [0.1, 0.15) is 6.10 Å². The molecule has 0 aromatic carbocycles. The van der Waals surface area contributed by atoms with E-state index in [-0.39, 0.29) is 0 Å². The van der Waals surface area contributed by atoms with Gasteiger partial charge in [-0.25, -0.2) is 0 Å². The highest BCUT2D eigenvalue weighted by molar-refractivity contribution is 7.10. The first-order valence-corrected chi connectivity index (χ1v) is 5.99. The lowest BCUT2D eigenvalue weighted by Crippen LogP contribution is -2.21.